The third-order valence-corrected chi connectivity index (χ3v) is 2.69. The van der Waals surface area contributed by atoms with Crippen LogP contribution in [-0.2, 0) is 0 Å². The molecule has 0 amide bonds. The van der Waals surface area contributed by atoms with E-state index >= 15 is 0 Å². The first-order chi connectivity index (χ1) is 9.35. The molecule has 4 nitrogen and oxygen atoms in total. The van der Waals surface area contributed by atoms with Gasteiger partial charge in [0.2, 0.25) is 5.88 Å². The molecular formula is C15H12N2O2. The average molecular weight is 252 g/mol. The number of benzene rings is 2. The maximum absolute atomic E-state index is 5.64. The first kappa shape index (κ1) is 11.5. The fourth-order valence-electron chi connectivity index (χ4n) is 1.76. The fraction of sp³-hybridized carbons (Fsp3) is 0.0667. The molecule has 2 aromatic carbocycles. The first-order valence-electron chi connectivity index (χ1n) is 5.89. The van der Waals surface area contributed by atoms with E-state index < -0.39 is 0 Å². The topological polar surface area (TPSA) is 44.2 Å². The number of hydrogen-bond donors (Lipinski definition) is 0. The van der Waals surface area contributed by atoms with Crippen molar-refractivity contribution in [2.75, 3.05) is 7.11 Å². The van der Waals surface area contributed by atoms with E-state index in [0.717, 1.165) is 22.5 Å². The Morgan fingerprint density at radius 3 is 2.53 bits per heavy atom. The minimum atomic E-state index is 0.476. The molecule has 4 heteroatoms. The Labute approximate surface area is 110 Å². The van der Waals surface area contributed by atoms with Gasteiger partial charge in [0.25, 0.3) is 0 Å². The summed E-state index contributed by atoms with van der Waals surface area (Å²) in [6, 6.07) is 15.1. The summed E-state index contributed by atoms with van der Waals surface area (Å²) in [5.74, 6) is 1.98. The Morgan fingerprint density at radius 1 is 0.895 bits per heavy atom. The molecule has 0 fully saturated rings. The molecule has 19 heavy (non-hydrogen) atoms. The third-order valence-electron chi connectivity index (χ3n) is 2.69. The van der Waals surface area contributed by atoms with Crippen LogP contribution >= 0.6 is 0 Å². The molecule has 0 spiro atoms. The van der Waals surface area contributed by atoms with Gasteiger partial charge in [-0.25, -0.2) is 9.97 Å². The SMILES string of the molecule is COc1ccc2nc(Oc3ccccc3)cnc2c1. The molecule has 0 N–H and O–H groups in total. The van der Waals surface area contributed by atoms with E-state index in [9.17, 15) is 0 Å². The van der Waals surface area contributed by atoms with E-state index in [2.05, 4.69) is 9.97 Å². The van der Waals surface area contributed by atoms with Crippen LogP contribution in [0, 0.1) is 0 Å². The highest BCUT2D eigenvalue weighted by Gasteiger charge is 2.03. The number of nitrogens with zero attached hydrogens (tertiary/aromatic N) is 2. The van der Waals surface area contributed by atoms with Crippen molar-refractivity contribution in [2.45, 2.75) is 0 Å². The van der Waals surface area contributed by atoms with Gasteiger partial charge in [0, 0.05) is 6.07 Å². The van der Waals surface area contributed by atoms with Crippen molar-refractivity contribution in [1.29, 1.82) is 0 Å². The maximum Gasteiger partial charge on any atom is 0.238 e. The van der Waals surface area contributed by atoms with Crippen LogP contribution in [0.15, 0.2) is 54.7 Å². The molecule has 1 heterocycles. The van der Waals surface area contributed by atoms with E-state index in [1.807, 2.05) is 48.5 Å². The summed E-state index contributed by atoms with van der Waals surface area (Å²) in [4.78, 5) is 8.72. The van der Waals surface area contributed by atoms with Crippen molar-refractivity contribution < 1.29 is 9.47 Å². The van der Waals surface area contributed by atoms with Crippen LogP contribution in [0.4, 0.5) is 0 Å². The van der Waals surface area contributed by atoms with Gasteiger partial charge in [-0.05, 0) is 24.3 Å². The zero-order chi connectivity index (χ0) is 13.1. The largest absolute Gasteiger partial charge is 0.497 e. The molecular weight excluding hydrogens is 240 g/mol. The van der Waals surface area contributed by atoms with E-state index in [-0.39, 0.29) is 0 Å². The Morgan fingerprint density at radius 2 is 1.74 bits per heavy atom. The first-order valence-corrected chi connectivity index (χ1v) is 5.89. The lowest BCUT2D eigenvalue weighted by molar-refractivity contribution is 0.415. The van der Waals surface area contributed by atoms with Gasteiger partial charge in [0.05, 0.1) is 24.3 Å². The monoisotopic (exact) mass is 252 g/mol. The lowest BCUT2D eigenvalue weighted by atomic mass is 10.3. The molecule has 0 aliphatic rings. The molecule has 0 aliphatic heterocycles. The lowest BCUT2D eigenvalue weighted by Gasteiger charge is -2.05. The van der Waals surface area contributed by atoms with Gasteiger partial charge in [0.1, 0.15) is 11.5 Å². The number of rotatable bonds is 3. The summed E-state index contributed by atoms with van der Waals surface area (Å²) >= 11 is 0. The summed E-state index contributed by atoms with van der Waals surface area (Å²) in [7, 11) is 1.63. The molecule has 0 radical (unpaired) electrons. The Hall–Kier alpha value is -2.62. The standard InChI is InChI=1S/C15H12N2O2/c1-18-12-7-8-13-14(9-12)16-10-15(17-13)19-11-5-3-2-4-6-11/h2-10H,1H3. The van der Waals surface area contributed by atoms with Crippen molar-refractivity contribution in [1.82, 2.24) is 9.97 Å². The van der Waals surface area contributed by atoms with Crippen LogP contribution in [0.1, 0.15) is 0 Å². The molecule has 1 aromatic heterocycles. The van der Waals surface area contributed by atoms with E-state index in [4.69, 9.17) is 9.47 Å². The van der Waals surface area contributed by atoms with Crippen LogP contribution < -0.4 is 9.47 Å². The van der Waals surface area contributed by atoms with Crippen LogP contribution in [0.25, 0.3) is 11.0 Å². The molecule has 0 aliphatic carbocycles. The highest BCUT2D eigenvalue weighted by Crippen LogP contribution is 2.22. The summed E-state index contributed by atoms with van der Waals surface area (Å²) in [6.45, 7) is 0. The third kappa shape index (κ3) is 2.47. The van der Waals surface area contributed by atoms with Crippen LogP contribution in [0.2, 0.25) is 0 Å². The van der Waals surface area contributed by atoms with E-state index in [1.54, 1.807) is 13.3 Å². The second-order valence-electron chi connectivity index (χ2n) is 3.98. The van der Waals surface area contributed by atoms with Crippen molar-refractivity contribution in [3.63, 3.8) is 0 Å². The predicted molar refractivity (Wildman–Crippen MR) is 72.6 cm³/mol. The minimum Gasteiger partial charge on any atom is -0.497 e. The zero-order valence-electron chi connectivity index (χ0n) is 10.4. The Bertz CT molecular complexity index is 699. The molecule has 3 rings (SSSR count). The molecule has 3 aromatic rings. The number of ether oxygens (including phenoxy) is 2. The second-order valence-corrected chi connectivity index (χ2v) is 3.98. The number of para-hydroxylation sites is 1. The van der Waals surface area contributed by atoms with Crippen LogP contribution in [0.5, 0.6) is 17.4 Å². The van der Waals surface area contributed by atoms with Crippen molar-refractivity contribution in [3.8, 4) is 17.4 Å². The predicted octanol–water partition coefficient (Wildman–Crippen LogP) is 3.43. The molecule has 0 atom stereocenters. The normalized spacial score (nSPS) is 10.4. The Kier molecular flexibility index (Phi) is 2.98. The fourth-order valence-corrected chi connectivity index (χ4v) is 1.76. The number of fused-ring (bicyclic) bond motifs is 1. The number of aromatic nitrogens is 2. The van der Waals surface area contributed by atoms with Gasteiger partial charge in [-0.2, -0.15) is 0 Å². The second kappa shape index (κ2) is 4.94. The smallest absolute Gasteiger partial charge is 0.238 e. The van der Waals surface area contributed by atoms with Crippen LogP contribution in [0.3, 0.4) is 0 Å². The zero-order valence-corrected chi connectivity index (χ0v) is 10.4. The molecule has 0 bridgehead atoms. The lowest BCUT2D eigenvalue weighted by Crippen LogP contribution is -1.91. The summed E-state index contributed by atoms with van der Waals surface area (Å²) in [5, 5.41) is 0. The van der Waals surface area contributed by atoms with E-state index in [1.165, 1.54) is 0 Å². The quantitative estimate of drug-likeness (QED) is 0.716. The highest BCUT2D eigenvalue weighted by molar-refractivity contribution is 5.76. The summed E-state index contributed by atoms with van der Waals surface area (Å²) < 4.78 is 10.8. The van der Waals surface area contributed by atoms with Gasteiger partial charge in [0.15, 0.2) is 0 Å². The number of hydrogen-bond acceptors (Lipinski definition) is 4. The van der Waals surface area contributed by atoms with Gasteiger partial charge in [-0.15, -0.1) is 0 Å². The van der Waals surface area contributed by atoms with Gasteiger partial charge in [-0.1, -0.05) is 18.2 Å². The van der Waals surface area contributed by atoms with Crippen molar-refractivity contribution >= 4 is 11.0 Å². The van der Waals surface area contributed by atoms with Crippen molar-refractivity contribution in [2.24, 2.45) is 0 Å². The minimum absolute atomic E-state index is 0.476. The van der Waals surface area contributed by atoms with Crippen LogP contribution in [-0.4, -0.2) is 17.1 Å². The van der Waals surface area contributed by atoms with Gasteiger partial charge < -0.3 is 9.47 Å². The molecule has 0 unspecified atom stereocenters. The summed E-state index contributed by atoms with van der Waals surface area (Å²) in [6.07, 6.45) is 1.61. The van der Waals surface area contributed by atoms with E-state index in [0.29, 0.717) is 5.88 Å². The van der Waals surface area contributed by atoms with Gasteiger partial charge >= 0.3 is 0 Å². The molecule has 0 saturated heterocycles. The average Bonchev–Trinajstić information content (AvgIpc) is 2.48. The maximum atomic E-state index is 5.64. The number of methoxy groups -OCH3 is 1. The molecule has 94 valence electrons. The Balaban J connectivity index is 1.94. The summed E-state index contributed by atoms with van der Waals surface area (Å²) in [5.41, 5.74) is 1.55. The molecule has 0 saturated carbocycles. The van der Waals surface area contributed by atoms with Gasteiger partial charge in [-0.3, -0.25) is 0 Å². The highest BCUT2D eigenvalue weighted by atomic mass is 16.5. The van der Waals surface area contributed by atoms with Crippen molar-refractivity contribution in [3.05, 3.63) is 54.7 Å².